The minimum Gasteiger partial charge on any atom is -0.334 e. The van der Waals surface area contributed by atoms with Crippen molar-refractivity contribution in [1.82, 2.24) is 4.90 Å². The lowest BCUT2D eigenvalue weighted by molar-refractivity contribution is 0.0742. The van der Waals surface area contributed by atoms with Crippen LogP contribution < -0.4 is 5.73 Å². The number of hydrogen-bond acceptors (Lipinski definition) is 2. The molecule has 0 radical (unpaired) electrons. The largest absolute Gasteiger partial charge is 0.334 e. The molecule has 1 amide bonds. The predicted molar refractivity (Wildman–Crippen MR) is 69.0 cm³/mol. The van der Waals surface area contributed by atoms with Crippen molar-refractivity contribution in [2.75, 3.05) is 6.54 Å². The van der Waals surface area contributed by atoms with Crippen LogP contribution in [0.4, 0.5) is 0 Å². The highest BCUT2D eigenvalue weighted by atomic mass is 16.2. The zero-order valence-corrected chi connectivity index (χ0v) is 10.7. The van der Waals surface area contributed by atoms with Crippen molar-refractivity contribution < 1.29 is 4.79 Å². The first-order chi connectivity index (χ1) is 8.00. The van der Waals surface area contributed by atoms with Crippen molar-refractivity contribution in [2.24, 2.45) is 5.73 Å². The molecule has 2 atom stereocenters. The molecule has 1 fully saturated rings. The van der Waals surface area contributed by atoms with Crippen molar-refractivity contribution in [3.63, 3.8) is 0 Å². The number of benzene rings is 1. The monoisotopic (exact) mass is 232 g/mol. The Morgan fingerprint density at radius 1 is 1.41 bits per heavy atom. The number of nitrogens with two attached hydrogens (primary N) is 1. The van der Waals surface area contributed by atoms with E-state index in [4.69, 9.17) is 5.73 Å². The molecule has 2 rings (SSSR count). The molecule has 0 bridgehead atoms. The van der Waals surface area contributed by atoms with Gasteiger partial charge in [0.25, 0.3) is 5.91 Å². The van der Waals surface area contributed by atoms with E-state index < -0.39 is 0 Å². The van der Waals surface area contributed by atoms with E-state index in [1.54, 1.807) is 0 Å². The molecule has 2 unspecified atom stereocenters. The zero-order chi connectivity index (χ0) is 12.6. The molecule has 3 nitrogen and oxygen atoms in total. The predicted octanol–water partition coefficient (Wildman–Crippen LogP) is 1.87. The molecule has 1 aliphatic rings. The SMILES string of the molecule is Cc1ccc(C(=O)N2CCC(N)C2C)c(C)c1. The second-order valence-corrected chi connectivity index (χ2v) is 5.01. The summed E-state index contributed by atoms with van der Waals surface area (Å²) >= 11 is 0. The Hall–Kier alpha value is -1.35. The maximum Gasteiger partial charge on any atom is 0.254 e. The number of carbonyl (C=O) groups excluding carboxylic acids is 1. The normalized spacial score (nSPS) is 24.1. The number of nitrogens with zero attached hydrogens (tertiary/aromatic N) is 1. The van der Waals surface area contributed by atoms with Gasteiger partial charge in [-0.3, -0.25) is 4.79 Å². The lowest BCUT2D eigenvalue weighted by Gasteiger charge is -2.24. The molecule has 0 aromatic heterocycles. The Bertz CT molecular complexity index is 442. The highest BCUT2D eigenvalue weighted by Gasteiger charge is 2.32. The molecule has 0 spiro atoms. The fourth-order valence-electron chi connectivity index (χ4n) is 2.46. The van der Waals surface area contributed by atoms with Gasteiger partial charge in [0.05, 0.1) is 0 Å². The van der Waals surface area contributed by atoms with E-state index in [1.807, 2.05) is 43.9 Å². The van der Waals surface area contributed by atoms with Gasteiger partial charge in [-0.05, 0) is 38.8 Å². The molecule has 1 aromatic carbocycles. The zero-order valence-electron chi connectivity index (χ0n) is 10.7. The molecule has 0 aliphatic carbocycles. The molecule has 1 aromatic rings. The van der Waals surface area contributed by atoms with Crippen LogP contribution in [0.25, 0.3) is 0 Å². The van der Waals surface area contributed by atoms with Gasteiger partial charge in [0, 0.05) is 24.2 Å². The van der Waals surface area contributed by atoms with E-state index in [1.165, 1.54) is 5.56 Å². The molecular formula is C14H20N2O. The molecule has 3 heteroatoms. The fourth-order valence-corrected chi connectivity index (χ4v) is 2.46. The van der Waals surface area contributed by atoms with Gasteiger partial charge in [-0.15, -0.1) is 0 Å². The van der Waals surface area contributed by atoms with Gasteiger partial charge in [-0.2, -0.15) is 0 Å². The van der Waals surface area contributed by atoms with Crippen LogP contribution in [-0.2, 0) is 0 Å². The minimum atomic E-state index is 0.114. The van der Waals surface area contributed by atoms with Gasteiger partial charge in [-0.1, -0.05) is 17.7 Å². The topological polar surface area (TPSA) is 46.3 Å². The van der Waals surface area contributed by atoms with Crippen molar-refractivity contribution in [3.05, 3.63) is 34.9 Å². The second kappa shape index (κ2) is 4.49. The number of aryl methyl sites for hydroxylation is 2. The Kier molecular flexibility index (Phi) is 3.20. The second-order valence-electron chi connectivity index (χ2n) is 5.01. The van der Waals surface area contributed by atoms with E-state index in [9.17, 15) is 4.79 Å². The third kappa shape index (κ3) is 2.20. The van der Waals surface area contributed by atoms with E-state index in [0.29, 0.717) is 0 Å². The summed E-state index contributed by atoms with van der Waals surface area (Å²) in [5.41, 5.74) is 8.98. The van der Waals surface area contributed by atoms with Crippen LogP contribution in [0.2, 0.25) is 0 Å². The van der Waals surface area contributed by atoms with Crippen molar-refractivity contribution in [2.45, 2.75) is 39.3 Å². The molecule has 1 heterocycles. The Balaban J connectivity index is 2.26. The molecule has 2 N–H and O–H groups in total. The van der Waals surface area contributed by atoms with Crippen LogP contribution in [0, 0.1) is 13.8 Å². The summed E-state index contributed by atoms with van der Waals surface area (Å²) in [4.78, 5) is 14.3. The van der Waals surface area contributed by atoms with Gasteiger partial charge in [0.2, 0.25) is 0 Å². The summed E-state index contributed by atoms with van der Waals surface area (Å²) in [6, 6.07) is 6.21. The number of likely N-dealkylation sites (tertiary alicyclic amines) is 1. The molecule has 17 heavy (non-hydrogen) atoms. The highest BCUT2D eigenvalue weighted by molar-refractivity contribution is 5.96. The maximum atomic E-state index is 12.4. The molecule has 92 valence electrons. The van der Waals surface area contributed by atoms with Crippen LogP contribution in [0.15, 0.2) is 18.2 Å². The number of amides is 1. The van der Waals surface area contributed by atoms with Gasteiger partial charge >= 0.3 is 0 Å². The summed E-state index contributed by atoms with van der Waals surface area (Å²) in [6.45, 7) is 6.82. The molecular weight excluding hydrogens is 212 g/mol. The molecule has 1 aliphatic heterocycles. The Labute approximate surface area is 103 Å². The van der Waals surface area contributed by atoms with Gasteiger partial charge in [-0.25, -0.2) is 0 Å². The smallest absolute Gasteiger partial charge is 0.254 e. The summed E-state index contributed by atoms with van der Waals surface area (Å²) in [7, 11) is 0. The Morgan fingerprint density at radius 3 is 2.65 bits per heavy atom. The van der Waals surface area contributed by atoms with E-state index in [2.05, 4.69) is 0 Å². The van der Waals surface area contributed by atoms with Crippen molar-refractivity contribution >= 4 is 5.91 Å². The molecule has 1 saturated heterocycles. The quantitative estimate of drug-likeness (QED) is 0.803. The van der Waals surface area contributed by atoms with Gasteiger partial charge in [0.15, 0.2) is 0 Å². The number of carbonyl (C=O) groups is 1. The van der Waals surface area contributed by atoms with Crippen LogP contribution in [0.1, 0.15) is 34.8 Å². The third-order valence-corrected chi connectivity index (χ3v) is 3.69. The maximum absolute atomic E-state index is 12.4. The van der Waals surface area contributed by atoms with Crippen LogP contribution in [0.3, 0.4) is 0 Å². The average Bonchev–Trinajstić information content (AvgIpc) is 2.59. The van der Waals surface area contributed by atoms with Crippen LogP contribution in [0.5, 0.6) is 0 Å². The first kappa shape index (κ1) is 12.1. The van der Waals surface area contributed by atoms with E-state index in [0.717, 1.165) is 24.1 Å². The van der Waals surface area contributed by atoms with Crippen molar-refractivity contribution in [3.8, 4) is 0 Å². The first-order valence-electron chi connectivity index (χ1n) is 6.14. The number of rotatable bonds is 1. The van der Waals surface area contributed by atoms with Crippen molar-refractivity contribution in [1.29, 1.82) is 0 Å². The average molecular weight is 232 g/mol. The summed E-state index contributed by atoms with van der Waals surface area (Å²) in [5.74, 6) is 0.114. The van der Waals surface area contributed by atoms with Gasteiger partial charge in [0.1, 0.15) is 0 Å². The summed E-state index contributed by atoms with van der Waals surface area (Å²) in [6.07, 6.45) is 0.901. The van der Waals surface area contributed by atoms with Crippen LogP contribution >= 0.6 is 0 Å². The number of hydrogen-bond donors (Lipinski definition) is 1. The lowest BCUT2D eigenvalue weighted by Crippen LogP contribution is -2.40. The highest BCUT2D eigenvalue weighted by Crippen LogP contribution is 2.21. The lowest BCUT2D eigenvalue weighted by atomic mass is 10.0. The third-order valence-electron chi connectivity index (χ3n) is 3.69. The van der Waals surface area contributed by atoms with E-state index in [-0.39, 0.29) is 18.0 Å². The van der Waals surface area contributed by atoms with Gasteiger partial charge < -0.3 is 10.6 Å². The first-order valence-corrected chi connectivity index (χ1v) is 6.14. The summed E-state index contributed by atoms with van der Waals surface area (Å²) < 4.78 is 0. The Morgan fingerprint density at radius 2 is 2.12 bits per heavy atom. The van der Waals surface area contributed by atoms with E-state index >= 15 is 0 Å². The summed E-state index contributed by atoms with van der Waals surface area (Å²) in [5, 5.41) is 0. The van der Waals surface area contributed by atoms with Crippen LogP contribution in [-0.4, -0.2) is 29.4 Å². The molecule has 0 saturated carbocycles. The minimum absolute atomic E-state index is 0.114. The standard InChI is InChI=1S/C14H20N2O/c1-9-4-5-12(10(2)8-9)14(17)16-7-6-13(15)11(16)3/h4-5,8,11,13H,6-7,15H2,1-3H3. The fraction of sp³-hybridized carbons (Fsp3) is 0.500.